The standard InChI is InChI=1S/C11H18N2S.C3H6/c1-8(2)10(4)11(12)13-5-6-14-9(3)7-13;1-3-2/h7H,1,5-6,12H2,2-4H3;3H,1H2,2H3/b11-10+;. The predicted molar refractivity (Wildman–Crippen MR) is 80.5 cm³/mol. The number of hydrogen-bond acceptors (Lipinski definition) is 3. The van der Waals surface area contributed by atoms with Gasteiger partial charge in [-0.05, 0) is 38.2 Å². The van der Waals surface area contributed by atoms with Gasteiger partial charge in [-0.2, -0.15) is 0 Å². The van der Waals surface area contributed by atoms with Crippen LogP contribution in [0.1, 0.15) is 27.7 Å². The van der Waals surface area contributed by atoms with Crippen molar-refractivity contribution < 1.29 is 0 Å². The summed E-state index contributed by atoms with van der Waals surface area (Å²) >= 11 is 1.88. The molecular weight excluding hydrogens is 228 g/mol. The van der Waals surface area contributed by atoms with Gasteiger partial charge < -0.3 is 10.6 Å². The van der Waals surface area contributed by atoms with Gasteiger partial charge >= 0.3 is 0 Å². The average molecular weight is 252 g/mol. The zero-order valence-corrected chi connectivity index (χ0v) is 12.2. The summed E-state index contributed by atoms with van der Waals surface area (Å²) in [6.45, 7) is 16.2. The van der Waals surface area contributed by atoms with Crippen LogP contribution in [0.2, 0.25) is 0 Å². The Morgan fingerprint density at radius 2 is 2.06 bits per heavy atom. The second kappa shape index (κ2) is 8.07. The van der Waals surface area contributed by atoms with Crippen molar-refractivity contribution in [1.29, 1.82) is 0 Å². The summed E-state index contributed by atoms with van der Waals surface area (Å²) in [5.74, 6) is 1.93. The zero-order valence-electron chi connectivity index (χ0n) is 11.4. The van der Waals surface area contributed by atoms with Gasteiger partial charge in [-0.3, -0.25) is 0 Å². The minimum absolute atomic E-state index is 0.831. The van der Waals surface area contributed by atoms with Crippen molar-refractivity contribution in [2.45, 2.75) is 27.7 Å². The molecule has 0 aliphatic carbocycles. The van der Waals surface area contributed by atoms with Crippen LogP contribution in [0, 0.1) is 0 Å². The Balaban J connectivity index is 0.000000770. The van der Waals surface area contributed by atoms with Crippen LogP contribution in [0.3, 0.4) is 0 Å². The molecule has 1 heterocycles. The first-order chi connectivity index (χ1) is 7.93. The van der Waals surface area contributed by atoms with Gasteiger partial charge in [0.25, 0.3) is 0 Å². The highest BCUT2D eigenvalue weighted by molar-refractivity contribution is 8.03. The molecule has 0 aromatic rings. The van der Waals surface area contributed by atoms with Gasteiger partial charge in [-0.1, -0.05) is 18.2 Å². The van der Waals surface area contributed by atoms with E-state index in [2.05, 4.69) is 31.2 Å². The highest BCUT2D eigenvalue weighted by Gasteiger charge is 2.11. The molecule has 0 amide bonds. The van der Waals surface area contributed by atoms with E-state index >= 15 is 0 Å². The van der Waals surface area contributed by atoms with Crippen molar-refractivity contribution in [1.82, 2.24) is 4.90 Å². The van der Waals surface area contributed by atoms with E-state index in [-0.39, 0.29) is 0 Å². The first-order valence-corrected chi connectivity index (χ1v) is 6.69. The lowest BCUT2D eigenvalue weighted by Crippen LogP contribution is -2.28. The highest BCUT2D eigenvalue weighted by atomic mass is 32.2. The first-order valence-electron chi connectivity index (χ1n) is 5.71. The number of thioether (sulfide) groups is 1. The molecule has 0 fully saturated rings. The zero-order chi connectivity index (χ0) is 13.4. The molecular formula is C14H24N2S. The van der Waals surface area contributed by atoms with Gasteiger partial charge in [-0.15, -0.1) is 18.3 Å². The minimum Gasteiger partial charge on any atom is -0.385 e. The van der Waals surface area contributed by atoms with Crippen LogP contribution in [0.25, 0.3) is 0 Å². The van der Waals surface area contributed by atoms with Gasteiger partial charge in [0.05, 0.1) is 0 Å². The molecule has 0 spiro atoms. The van der Waals surface area contributed by atoms with E-state index in [1.807, 2.05) is 32.5 Å². The number of allylic oxidation sites excluding steroid dienone is 4. The Morgan fingerprint density at radius 3 is 2.47 bits per heavy atom. The molecule has 1 aliphatic rings. The predicted octanol–water partition coefficient (Wildman–Crippen LogP) is 3.86. The molecule has 2 N–H and O–H groups in total. The summed E-state index contributed by atoms with van der Waals surface area (Å²) in [7, 11) is 0. The van der Waals surface area contributed by atoms with E-state index in [9.17, 15) is 0 Å². The minimum atomic E-state index is 0.831. The van der Waals surface area contributed by atoms with Crippen LogP contribution in [0.15, 0.2) is 47.3 Å². The Morgan fingerprint density at radius 1 is 1.53 bits per heavy atom. The van der Waals surface area contributed by atoms with Gasteiger partial charge in [0.15, 0.2) is 0 Å². The lowest BCUT2D eigenvalue weighted by molar-refractivity contribution is 0.478. The number of hydrogen-bond donors (Lipinski definition) is 1. The smallest absolute Gasteiger partial charge is 0.106 e. The molecule has 96 valence electrons. The van der Waals surface area contributed by atoms with Crippen molar-refractivity contribution >= 4 is 11.8 Å². The average Bonchev–Trinajstić information content (AvgIpc) is 2.28. The van der Waals surface area contributed by atoms with E-state index in [0.717, 1.165) is 29.3 Å². The Bertz CT molecular complexity index is 340. The molecule has 0 radical (unpaired) electrons. The number of rotatable bonds is 2. The Hall–Kier alpha value is -1.09. The summed E-state index contributed by atoms with van der Waals surface area (Å²) in [6.07, 6.45) is 3.86. The molecule has 0 bridgehead atoms. The van der Waals surface area contributed by atoms with E-state index < -0.39 is 0 Å². The van der Waals surface area contributed by atoms with E-state index in [1.54, 1.807) is 6.08 Å². The molecule has 3 heteroatoms. The number of nitrogens with two attached hydrogens (primary N) is 1. The topological polar surface area (TPSA) is 29.3 Å². The van der Waals surface area contributed by atoms with Gasteiger partial charge in [0.2, 0.25) is 0 Å². The molecule has 0 aromatic heterocycles. The summed E-state index contributed by atoms with van der Waals surface area (Å²) in [5, 5.41) is 0. The maximum atomic E-state index is 6.05. The SMILES string of the molecule is C=C(C)/C(C)=C(\N)N1C=C(C)SCC1.C=CC. The van der Waals surface area contributed by atoms with Crippen molar-refractivity contribution in [2.24, 2.45) is 5.73 Å². The third kappa shape index (κ3) is 5.68. The fourth-order valence-corrected chi connectivity index (χ4v) is 2.06. The molecule has 0 unspecified atom stereocenters. The monoisotopic (exact) mass is 252 g/mol. The quantitative estimate of drug-likeness (QED) is 0.598. The molecule has 1 rings (SSSR count). The second-order valence-electron chi connectivity index (χ2n) is 3.98. The van der Waals surface area contributed by atoms with Crippen LogP contribution < -0.4 is 5.73 Å². The van der Waals surface area contributed by atoms with Gasteiger partial charge in [0, 0.05) is 18.5 Å². The highest BCUT2D eigenvalue weighted by Crippen LogP contribution is 2.23. The number of nitrogens with zero attached hydrogens (tertiary/aromatic N) is 1. The van der Waals surface area contributed by atoms with E-state index in [4.69, 9.17) is 5.73 Å². The summed E-state index contributed by atoms with van der Waals surface area (Å²) in [6, 6.07) is 0. The normalized spacial score (nSPS) is 16.2. The molecule has 17 heavy (non-hydrogen) atoms. The summed E-state index contributed by atoms with van der Waals surface area (Å²) < 4.78 is 0. The molecule has 0 saturated carbocycles. The lowest BCUT2D eigenvalue weighted by atomic mass is 10.1. The molecule has 0 aromatic carbocycles. The Labute approximate surface area is 110 Å². The van der Waals surface area contributed by atoms with Crippen LogP contribution in [0.4, 0.5) is 0 Å². The van der Waals surface area contributed by atoms with Gasteiger partial charge in [0.1, 0.15) is 5.82 Å². The third-order valence-corrected chi connectivity index (χ3v) is 3.28. The van der Waals surface area contributed by atoms with Crippen LogP contribution >= 0.6 is 11.8 Å². The maximum Gasteiger partial charge on any atom is 0.106 e. The van der Waals surface area contributed by atoms with Crippen molar-refractivity contribution in [3.63, 3.8) is 0 Å². The summed E-state index contributed by atoms with van der Waals surface area (Å²) in [4.78, 5) is 3.42. The van der Waals surface area contributed by atoms with Crippen molar-refractivity contribution in [3.05, 3.63) is 47.3 Å². The molecule has 2 nitrogen and oxygen atoms in total. The first kappa shape index (κ1) is 15.9. The fourth-order valence-electron chi connectivity index (χ4n) is 1.25. The van der Waals surface area contributed by atoms with E-state index in [1.165, 1.54) is 4.91 Å². The Kier molecular flexibility index (Phi) is 7.55. The molecule has 1 aliphatic heterocycles. The fraction of sp³-hybridized carbons (Fsp3) is 0.429. The van der Waals surface area contributed by atoms with Crippen molar-refractivity contribution in [2.75, 3.05) is 12.3 Å². The lowest BCUT2D eigenvalue weighted by Gasteiger charge is -2.27. The van der Waals surface area contributed by atoms with Crippen LogP contribution in [-0.4, -0.2) is 17.2 Å². The summed E-state index contributed by atoms with van der Waals surface area (Å²) in [5.41, 5.74) is 8.16. The van der Waals surface area contributed by atoms with Crippen molar-refractivity contribution in [3.8, 4) is 0 Å². The van der Waals surface area contributed by atoms with Crippen LogP contribution in [-0.2, 0) is 0 Å². The van der Waals surface area contributed by atoms with E-state index in [0.29, 0.717) is 0 Å². The van der Waals surface area contributed by atoms with Gasteiger partial charge in [-0.25, -0.2) is 0 Å². The molecule has 0 saturated heterocycles. The molecule has 0 atom stereocenters. The second-order valence-corrected chi connectivity index (χ2v) is 5.32. The van der Waals surface area contributed by atoms with Crippen LogP contribution in [0.5, 0.6) is 0 Å². The maximum absolute atomic E-state index is 6.05. The third-order valence-electron chi connectivity index (χ3n) is 2.33. The largest absolute Gasteiger partial charge is 0.385 e.